The third kappa shape index (κ3) is 2.50. The van der Waals surface area contributed by atoms with Gasteiger partial charge in [0, 0.05) is 29.7 Å². The number of fused-ring (bicyclic) bond motifs is 1. The molecule has 2 aliphatic rings. The molecule has 1 amide bonds. The van der Waals surface area contributed by atoms with Crippen molar-refractivity contribution in [1.82, 2.24) is 9.88 Å². The molecule has 5 nitrogen and oxygen atoms in total. The Morgan fingerprint density at radius 2 is 2.04 bits per heavy atom. The number of hydrogen-bond acceptors (Lipinski definition) is 3. The van der Waals surface area contributed by atoms with Gasteiger partial charge in [-0.2, -0.15) is 0 Å². The topological polar surface area (TPSA) is 77.1 Å². The number of nitrogens with zero attached hydrogens (tertiary/aromatic N) is 1. The second kappa shape index (κ2) is 5.57. The molecule has 24 heavy (non-hydrogen) atoms. The van der Waals surface area contributed by atoms with Crippen LogP contribution in [0, 0.1) is 5.82 Å². The van der Waals surface area contributed by atoms with Crippen molar-refractivity contribution in [3.63, 3.8) is 0 Å². The number of nitrogens with one attached hydrogen (secondary N) is 1. The van der Waals surface area contributed by atoms with Gasteiger partial charge in [0.15, 0.2) is 0 Å². The molecule has 0 unspecified atom stereocenters. The summed E-state index contributed by atoms with van der Waals surface area (Å²) in [7, 11) is 0. The number of aromatic nitrogens is 1. The highest BCUT2D eigenvalue weighted by Gasteiger charge is 2.31. The van der Waals surface area contributed by atoms with Crippen LogP contribution in [-0.4, -0.2) is 22.6 Å². The number of nitrogens with two attached hydrogens (primary N) is 1. The van der Waals surface area contributed by atoms with Crippen LogP contribution in [-0.2, 0) is 0 Å². The zero-order chi connectivity index (χ0) is 17.0. The first kappa shape index (κ1) is 15.6. The maximum absolute atomic E-state index is 13.8. The van der Waals surface area contributed by atoms with Crippen LogP contribution in [0.1, 0.15) is 42.1 Å². The van der Waals surface area contributed by atoms with Crippen LogP contribution in [0.4, 0.5) is 4.39 Å². The van der Waals surface area contributed by atoms with Crippen molar-refractivity contribution in [2.75, 3.05) is 0 Å². The molecule has 0 bridgehead atoms. The number of amides is 1. The summed E-state index contributed by atoms with van der Waals surface area (Å²) >= 11 is 5.87. The molecule has 2 atom stereocenters. The Morgan fingerprint density at radius 3 is 2.62 bits per heavy atom. The fourth-order valence-electron chi connectivity index (χ4n) is 3.11. The molecular formula is C17H17ClFN3O2. The van der Waals surface area contributed by atoms with E-state index in [4.69, 9.17) is 17.3 Å². The quantitative estimate of drug-likeness (QED) is 0.893. The zero-order valence-corrected chi connectivity index (χ0v) is 13.6. The summed E-state index contributed by atoms with van der Waals surface area (Å²) in [6.45, 7) is 0. The van der Waals surface area contributed by atoms with Gasteiger partial charge in [0.1, 0.15) is 11.4 Å². The summed E-state index contributed by atoms with van der Waals surface area (Å²) in [5.74, 6) is -1.12. The van der Waals surface area contributed by atoms with Crippen molar-refractivity contribution in [2.24, 2.45) is 5.73 Å². The van der Waals surface area contributed by atoms with Crippen LogP contribution in [0.25, 0.3) is 10.9 Å². The van der Waals surface area contributed by atoms with Gasteiger partial charge < -0.3 is 15.6 Å². The van der Waals surface area contributed by atoms with Crippen LogP contribution >= 0.6 is 11.6 Å². The van der Waals surface area contributed by atoms with E-state index in [1.165, 1.54) is 6.07 Å². The van der Waals surface area contributed by atoms with E-state index in [0.717, 1.165) is 31.7 Å². The van der Waals surface area contributed by atoms with Crippen molar-refractivity contribution in [3.05, 3.63) is 45.0 Å². The second-order valence-corrected chi connectivity index (χ2v) is 7.02. The summed E-state index contributed by atoms with van der Waals surface area (Å²) in [5, 5.41) is 2.95. The summed E-state index contributed by atoms with van der Waals surface area (Å²) in [6.07, 6.45) is 5.15. The van der Waals surface area contributed by atoms with E-state index in [1.54, 1.807) is 6.20 Å². The van der Waals surface area contributed by atoms with Gasteiger partial charge in [-0.1, -0.05) is 11.6 Å². The van der Waals surface area contributed by atoms with Crippen molar-refractivity contribution >= 4 is 28.4 Å². The first-order valence-corrected chi connectivity index (χ1v) is 8.44. The van der Waals surface area contributed by atoms with Crippen molar-refractivity contribution < 1.29 is 9.18 Å². The predicted molar refractivity (Wildman–Crippen MR) is 89.9 cm³/mol. The van der Waals surface area contributed by atoms with Gasteiger partial charge in [-0.25, -0.2) is 4.39 Å². The predicted octanol–water partition coefficient (Wildman–Crippen LogP) is 2.35. The van der Waals surface area contributed by atoms with Crippen LogP contribution < -0.4 is 16.5 Å². The highest BCUT2D eigenvalue weighted by molar-refractivity contribution is 6.31. The fraction of sp³-hybridized carbons (Fsp3) is 0.412. The third-order valence-electron chi connectivity index (χ3n) is 4.90. The molecule has 2 aromatic rings. The molecule has 2 fully saturated rings. The van der Waals surface area contributed by atoms with Crippen molar-refractivity contribution in [3.8, 4) is 0 Å². The Morgan fingerprint density at radius 1 is 1.29 bits per heavy atom. The molecule has 1 heterocycles. The van der Waals surface area contributed by atoms with E-state index in [2.05, 4.69) is 5.32 Å². The molecular weight excluding hydrogens is 333 g/mol. The molecule has 4 rings (SSSR count). The molecule has 0 spiro atoms. The zero-order valence-electron chi connectivity index (χ0n) is 12.9. The van der Waals surface area contributed by atoms with E-state index in [-0.39, 0.29) is 34.1 Å². The van der Waals surface area contributed by atoms with E-state index in [0.29, 0.717) is 5.52 Å². The first-order valence-electron chi connectivity index (χ1n) is 8.06. The Bertz CT molecular complexity index is 907. The lowest BCUT2D eigenvalue weighted by molar-refractivity contribution is 0.0904. The number of carbonyl (C=O) groups excluding carboxylic acids is 1. The summed E-state index contributed by atoms with van der Waals surface area (Å²) < 4.78 is 15.7. The van der Waals surface area contributed by atoms with Gasteiger partial charge in [0.05, 0.1) is 10.5 Å². The third-order valence-corrected chi connectivity index (χ3v) is 5.19. The smallest absolute Gasteiger partial charge is 0.257 e. The van der Waals surface area contributed by atoms with Crippen LogP contribution in [0.3, 0.4) is 0 Å². The van der Waals surface area contributed by atoms with Gasteiger partial charge in [-0.15, -0.1) is 0 Å². The molecule has 1 aromatic heterocycles. The number of rotatable bonds is 3. The van der Waals surface area contributed by atoms with Gasteiger partial charge in [-0.05, 0) is 37.8 Å². The number of hydrogen-bond donors (Lipinski definition) is 2. The largest absolute Gasteiger partial charge is 0.348 e. The van der Waals surface area contributed by atoms with E-state index in [1.807, 2.05) is 4.57 Å². The molecule has 2 aliphatic carbocycles. The second-order valence-electron chi connectivity index (χ2n) is 6.61. The summed E-state index contributed by atoms with van der Waals surface area (Å²) in [5.41, 5.74) is 5.94. The molecule has 2 saturated carbocycles. The normalized spacial score (nSPS) is 23.1. The summed E-state index contributed by atoms with van der Waals surface area (Å²) in [4.78, 5) is 25.2. The Labute approximate surface area is 142 Å². The van der Waals surface area contributed by atoms with Crippen molar-refractivity contribution in [2.45, 2.75) is 43.8 Å². The monoisotopic (exact) mass is 349 g/mol. The van der Waals surface area contributed by atoms with Gasteiger partial charge in [0.2, 0.25) is 5.43 Å². The number of halogens is 2. The highest BCUT2D eigenvalue weighted by atomic mass is 35.5. The van der Waals surface area contributed by atoms with Gasteiger partial charge in [-0.3, -0.25) is 9.59 Å². The minimum absolute atomic E-state index is 0.0234. The number of carbonyl (C=O) groups is 1. The maximum Gasteiger partial charge on any atom is 0.257 e. The minimum atomic E-state index is -0.665. The lowest BCUT2D eigenvalue weighted by atomic mass is 9.87. The van der Waals surface area contributed by atoms with E-state index in [9.17, 15) is 14.0 Å². The Hall–Kier alpha value is -1.92. The number of benzene rings is 1. The lowest BCUT2D eigenvalue weighted by Gasteiger charge is -2.34. The minimum Gasteiger partial charge on any atom is -0.348 e. The highest BCUT2D eigenvalue weighted by Crippen LogP contribution is 2.37. The standard InChI is InChI=1S/C17H17ClFN3O2/c18-11-6-15-9(5-12(11)19)16(23)10(7-22(15)8-1-2-8)17(24)21-14-4-3-13(14)20/h5-8,13-14H,1-4,20H2,(H,21,24)/t13-,14+/m1/s1. The Kier molecular flexibility index (Phi) is 3.62. The van der Waals surface area contributed by atoms with E-state index < -0.39 is 17.2 Å². The SMILES string of the molecule is N[C@@H]1CC[C@@H]1NC(=O)c1cn(C2CC2)c2cc(Cl)c(F)cc2c1=O. The lowest BCUT2D eigenvalue weighted by Crippen LogP contribution is -2.55. The summed E-state index contributed by atoms with van der Waals surface area (Å²) in [6, 6.07) is 2.60. The molecule has 1 aromatic carbocycles. The van der Waals surface area contributed by atoms with Gasteiger partial charge >= 0.3 is 0 Å². The van der Waals surface area contributed by atoms with Crippen LogP contribution in [0.15, 0.2) is 23.1 Å². The van der Waals surface area contributed by atoms with E-state index >= 15 is 0 Å². The first-order chi connectivity index (χ1) is 11.5. The molecule has 0 aliphatic heterocycles. The molecule has 0 radical (unpaired) electrons. The van der Waals surface area contributed by atoms with Crippen molar-refractivity contribution in [1.29, 1.82) is 0 Å². The molecule has 0 saturated heterocycles. The molecule has 3 N–H and O–H groups in total. The Balaban J connectivity index is 1.83. The average Bonchev–Trinajstić information content (AvgIpc) is 3.38. The molecule has 126 valence electrons. The maximum atomic E-state index is 13.8. The molecule has 7 heteroatoms. The fourth-order valence-corrected chi connectivity index (χ4v) is 3.27. The van der Waals surface area contributed by atoms with Crippen LogP contribution in [0.2, 0.25) is 5.02 Å². The van der Waals surface area contributed by atoms with Gasteiger partial charge in [0.25, 0.3) is 5.91 Å². The average molecular weight is 350 g/mol. The van der Waals surface area contributed by atoms with Crippen LogP contribution in [0.5, 0.6) is 0 Å². The number of pyridine rings is 1.